The van der Waals surface area contributed by atoms with Gasteiger partial charge in [-0.05, 0) is 19.8 Å². The first kappa shape index (κ1) is 14.4. The Bertz CT molecular complexity index is 515. The van der Waals surface area contributed by atoms with Crippen LogP contribution in [0, 0.1) is 13.0 Å². The second-order valence-corrected chi connectivity index (χ2v) is 5.01. The van der Waals surface area contributed by atoms with Gasteiger partial charge in [-0.1, -0.05) is 19.3 Å². The van der Waals surface area contributed by atoms with E-state index in [-0.39, 0.29) is 20.1 Å². The van der Waals surface area contributed by atoms with Crippen molar-refractivity contribution in [2.75, 3.05) is 0 Å². The Labute approximate surface area is 127 Å². The summed E-state index contributed by atoms with van der Waals surface area (Å²) >= 11 is 0. The molecule has 19 heavy (non-hydrogen) atoms. The first-order valence-electron chi connectivity index (χ1n) is 6.75. The summed E-state index contributed by atoms with van der Waals surface area (Å²) in [6.07, 6.45) is 6.50. The molecule has 0 bridgehead atoms. The maximum Gasteiger partial charge on any atom is 0.121 e. The molecule has 1 aromatic carbocycles. The Morgan fingerprint density at radius 2 is 1.95 bits per heavy atom. The molecule has 1 fully saturated rings. The largest absolute Gasteiger partial charge is 0.349 e. The number of aryl methyl sites for hydroxylation is 1. The second-order valence-electron chi connectivity index (χ2n) is 5.01. The molecule has 0 spiro atoms. The predicted molar refractivity (Wildman–Crippen MR) is 71.2 cm³/mol. The van der Waals surface area contributed by atoms with Crippen LogP contribution in [0.3, 0.4) is 0 Å². The fourth-order valence-corrected chi connectivity index (χ4v) is 2.86. The number of hydrogen-bond acceptors (Lipinski definition) is 2. The van der Waals surface area contributed by atoms with Gasteiger partial charge in [0.1, 0.15) is 5.82 Å². The quantitative estimate of drug-likeness (QED) is 0.680. The van der Waals surface area contributed by atoms with E-state index in [0.29, 0.717) is 6.04 Å². The predicted octanol–water partition coefficient (Wildman–Crippen LogP) is 3.56. The number of benzene rings is 1. The summed E-state index contributed by atoms with van der Waals surface area (Å²) < 4.78 is 2.31. The topological polar surface area (TPSA) is 30.7 Å². The van der Waals surface area contributed by atoms with Gasteiger partial charge in [0.25, 0.3) is 0 Å². The van der Waals surface area contributed by atoms with E-state index in [9.17, 15) is 0 Å². The fourth-order valence-electron chi connectivity index (χ4n) is 2.86. The third kappa shape index (κ3) is 2.96. The van der Waals surface area contributed by atoms with E-state index in [1.807, 2.05) is 25.1 Å². The van der Waals surface area contributed by atoms with E-state index >= 15 is 0 Å². The van der Waals surface area contributed by atoms with Gasteiger partial charge in [0, 0.05) is 26.1 Å². The fraction of sp³-hybridized carbons (Fsp3) is 0.467. The van der Waals surface area contributed by atoms with Crippen LogP contribution in [0.15, 0.2) is 24.3 Å². The van der Waals surface area contributed by atoms with E-state index < -0.39 is 0 Å². The maximum atomic E-state index is 4.34. The Hall–Kier alpha value is -0.991. The maximum absolute atomic E-state index is 4.34. The molecule has 0 unspecified atom stereocenters. The van der Waals surface area contributed by atoms with Gasteiger partial charge in [-0.3, -0.25) is 0 Å². The summed E-state index contributed by atoms with van der Waals surface area (Å²) in [6.45, 7) is 2.05. The minimum absolute atomic E-state index is 0. The van der Waals surface area contributed by atoms with Crippen molar-refractivity contribution in [3.63, 3.8) is 0 Å². The van der Waals surface area contributed by atoms with Crippen molar-refractivity contribution >= 4 is 0 Å². The monoisotopic (exact) mass is 433 g/mol. The van der Waals surface area contributed by atoms with Gasteiger partial charge in [-0.25, -0.2) is 0 Å². The minimum Gasteiger partial charge on any atom is -0.349 e. The smallest absolute Gasteiger partial charge is 0.121 e. The summed E-state index contributed by atoms with van der Waals surface area (Å²) in [5.74, 6) is 1.99. The first-order chi connectivity index (χ1) is 8.86. The van der Waals surface area contributed by atoms with Gasteiger partial charge in [0.2, 0.25) is 0 Å². The van der Waals surface area contributed by atoms with Crippen LogP contribution < -0.4 is 0 Å². The molecule has 1 saturated carbocycles. The molecule has 1 aromatic heterocycles. The van der Waals surface area contributed by atoms with Crippen molar-refractivity contribution in [1.29, 1.82) is 0 Å². The molecule has 1 aliphatic rings. The van der Waals surface area contributed by atoms with Gasteiger partial charge in [-0.2, -0.15) is 5.10 Å². The zero-order valence-corrected chi connectivity index (χ0v) is 13.5. The van der Waals surface area contributed by atoms with Crippen molar-refractivity contribution < 1.29 is 20.1 Å². The molecule has 0 aliphatic heterocycles. The molecule has 103 valence electrons. The molecule has 4 heteroatoms. The average molecular weight is 433 g/mol. The van der Waals surface area contributed by atoms with Crippen LogP contribution in [-0.2, 0) is 20.1 Å². The summed E-state index contributed by atoms with van der Waals surface area (Å²) in [4.78, 5) is 0. The Balaban J connectivity index is 0.00000133. The van der Waals surface area contributed by atoms with Gasteiger partial charge in [0.05, 0.1) is 5.82 Å². The molecule has 0 amide bonds. The van der Waals surface area contributed by atoms with Crippen LogP contribution in [0.1, 0.15) is 44.0 Å². The molecular weight excluding hydrogens is 414 g/mol. The minimum atomic E-state index is 0. The molecule has 1 aliphatic carbocycles. The van der Waals surface area contributed by atoms with E-state index in [4.69, 9.17) is 0 Å². The Morgan fingerprint density at radius 3 is 2.63 bits per heavy atom. The van der Waals surface area contributed by atoms with Crippen molar-refractivity contribution in [1.82, 2.24) is 14.8 Å². The van der Waals surface area contributed by atoms with E-state index in [1.165, 1.54) is 32.1 Å². The molecule has 0 saturated heterocycles. The van der Waals surface area contributed by atoms with Gasteiger partial charge in [-0.15, -0.1) is 41.0 Å². The van der Waals surface area contributed by atoms with Gasteiger partial charge in [0.15, 0.2) is 0 Å². The van der Waals surface area contributed by atoms with Crippen LogP contribution >= 0.6 is 0 Å². The van der Waals surface area contributed by atoms with Crippen LogP contribution in [-0.4, -0.2) is 14.8 Å². The zero-order chi connectivity index (χ0) is 12.4. The normalized spacial score (nSPS) is 16.1. The summed E-state index contributed by atoms with van der Waals surface area (Å²) in [5, 5.41) is 8.60. The molecule has 1 heterocycles. The molecule has 0 N–H and O–H groups in total. The van der Waals surface area contributed by atoms with E-state index in [1.54, 1.807) is 0 Å². The Morgan fingerprint density at radius 1 is 1.16 bits per heavy atom. The van der Waals surface area contributed by atoms with Crippen molar-refractivity contribution in [3.05, 3.63) is 36.2 Å². The van der Waals surface area contributed by atoms with Crippen LogP contribution in [0.4, 0.5) is 0 Å². The second kappa shape index (κ2) is 6.44. The number of hydrogen-bond donors (Lipinski definition) is 0. The molecule has 2 aromatic rings. The number of nitrogens with zero attached hydrogens (tertiary/aromatic N) is 3. The van der Waals surface area contributed by atoms with Crippen LogP contribution in [0.25, 0.3) is 11.4 Å². The first-order valence-corrected chi connectivity index (χ1v) is 6.75. The number of aromatic nitrogens is 3. The van der Waals surface area contributed by atoms with E-state index in [0.717, 1.165) is 17.2 Å². The SMILES string of the molecule is Cc1nnc(-c2[c-]cccc2)n1C1CCCCC1.[Ir]. The molecular formula is C15H18IrN3-. The van der Waals surface area contributed by atoms with Crippen LogP contribution in [0.5, 0.6) is 0 Å². The van der Waals surface area contributed by atoms with Gasteiger partial charge >= 0.3 is 0 Å². The van der Waals surface area contributed by atoms with Crippen molar-refractivity contribution in [2.24, 2.45) is 0 Å². The molecule has 3 nitrogen and oxygen atoms in total. The third-order valence-electron chi connectivity index (χ3n) is 3.76. The third-order valence-corrected chi connectivity index (χ3v) is 3.76. The van der Waals surface area contributed by atoms with Crippen molar-refractivity contribution in [3.8, 4) is 11.4 Å². The zero-order valence-electron chi connectivity index (χ0n) is 11.1. The summed E-state index contributed by atoms with van der Waals surface area (Å²) in [5.41, 5.74) is 1.05. The standard InChI is InChI=1S/C15H18N3.Ir/c1-12-16-17-15(13-8-4-2-5-9-13)18(12)14-10-6-3-7-11-14;/h2,4-5,8,14H,3,6-7,10-11H2,1H3;/q-1;. The number of rotatable bonds is 2. The van der Waals surface area contributed by atoms with Crippen molar-refractivity contribution in [2.45, 2.75) is 45.1 Å². The van der Waals surface area contributed by atoms with Crippen LogP contribution in [0.2, 0.25) is 0 Å². The molecule has 3 rings (SSSR count). The molecule has 1 radical (unpaired) electrons. The van der Waals surface area contributed by atoms with E-state index in [2.05, 4.69) is 26.9 Å². The summed E-state index contributed by atoms with van der Waals surface area (Å²) in [6, 6.07) is 11.8. The van der Waals surface area contributed by atoms with Gasteiger partial charge < -0.3 is 4.57 Å². The summed E-state index contributed by atoms with van der Waals surface area (Å²) in [7, 11) is 0. The average Bonchev–Trinajstić information content (AvgIpc) is 2.83. The molecule has 0 atom stereocenters. The Kier molecular flexibility index (Phi) is 4.89.